The number of hydrogen-bond acceptors (Lipinski definition) is 8. The Morgan fingerprint density at radius 3 is 2.58 bits per heavy atom. The Bertz CT molecular complexity index is 1090. The third-order valence-electron chi connectivity index (χ3n) is 5.71. The molecule has 0 aliphatic carbocycles. The summed E-state index contributed by atoms with van der Waals surface area (Å²) in [5.41, 5.74) is 1.81. The van der Waals surface area contributed by atoms with Crippen LogP contribution in [0.3, 0.4) is 0 Å². The fraction of sp³-hybridized carbons (Fsp3) is 0.500. The van der Waals surface area contributed by atoms with Crippen LogP contribution in [0.25, 0.3) is 21.7 Å². The van der Waals surface area contributed by atoms with E-state index in [-0.39, 0.29) is 18.2 Å². The normalized spacial score (nSPS) is 21.0. The van der Waals surface area contributed by atoms with Gasteiger partial charge in [-0.2, -0.15) is 4.98 Å². The third kappa shape index (κ3) is 3.71. The van der Waals surface area contributed by atoms with Crippen molar-refractivity contribution in [2.24, 2.45) is 0 Å². The minimum Gasteiger partial charge on any atom is -0.497 e. The maximum absolute atomic E-state index is 12.7. The van der Waals surface area contributed by atoms with Crippen LogP contribution >= 0.6 is 11.3 Å². The number of benzene rings is 1. The van der Waals surface area contributed by atoms with Crippen molar-refractivity contribution >= 4 is 34.5 Å². The van der Waals surface area contributed by atoms with Crippen LogP contribution < -0.4 is 9.64 Å². The molecule has 2 saturated heterocycles. The Balaban J connectivity index is 1.44. The molecule has 164 valence electrons. The zero-order valence-electron chi connectivity index (χ0n) is 18.1. The second kappa shape index (κ2) is 7.40. The van der Waals surface area contributed by atoms with Gasteiger partial charge in [0, 0.05) is 30.7 Å². The molecule has 0 spiro atoms. The van der Waals surface area contributed by atoms with Gasteiger partial charge in [0.15, 0.2) is 5.58 Å². The number of hydrogen-bond donors (Lipinski definition) is 0. The number of anilines is 1. The number of piperazine rings is 1. The lowest BCUT2D eigenvalue weighted by atomic mass is 10.2. The first-order valence-corrected chi connectivity index (χ1v) is 11.3. The van der Waals surface area contributed by atoms with Crippen LogP contribution in [0.1, 0.15) is 33.6 Å². The van der Waals surface area contributed by atoms with Crippen molar-refractivity contribution in [3.05, 3.63) is 23.7 Å². The fourth-order valence-corrected chi connectivity index (χ4v) is 5.09. The summed E-state index contributed by atoms with van der Waals surface area (Å²) >= 11 is 1.55. The summed E-state index contributed by atoms with van der Waals surface area (Å²) in [5.74, 6) is 0.715. The molecule has 0 radical (unpaired) electrons. The highest BCUT2D eigenvalue weighted by Gasteiger charge is 2.45. The number of ether oxygens (including phenoxy) is 2. The van der Waals surface area contributed by atoms with Crippen LogP contribution in [0, 0.1) is 0 Å². The minimum atomic E-state index is -0.501. The van der Waals surface area contributed by atoms with Crippen LogP contribution in [0.15, 0.2) is 28.1 Å². The van der Waals surface area contributed by atoms with Crippen LogP contribution in [0.2, 0.25) is 0 Å². The highest BCUT2D eigenvalue weighted by atomic mass is 32.1. The molecular weight excluding hydrogens is 416 g/mol. The number of aromatic nitrogens is 2. The summed E-state index contributed by atoms with van der Waals surface area (Å²) in [6.07, 6.45) is 3.46. The van der Waals surface area contributed by atoms with E-state index in [2.05, 4.69) is 9.88 Å². The Morgan fingerprint density at radius 1 is 1.23 bits per heavy atom. The second-order valence-electron chi connectivity index (χ2n) is 9.03. The van der Waals surface area contributed by atoms with Gasteiger partial charge in [0.05, 0.1) is 24.8 Å². The lowest BCUT2D eigenvalue weighted by Crippen LogP contribution is -2.56. The van der Waals surface area contributed by atoms with Crippen molar-refractivity contribution in [2.45, 2.75) is 51.3 Å². The molecule has 3 aromatic rings. The second-order valence-corrected chi connectivity index (χ2v) is 9.93. The lowest BCUT2D eigenvalue weighted by Gasteiger charge is -2.40. The molecule has 2 fully saturated rings. The van der Waals surface area contributed by atoms with Gasteiger partial charge in [-0.1, -0.05) is 0 Å². The first-order chi connectivity index (χ1) is 14.8. The molecule has 2 aliphatic heterocycles. The molecule has 2 aromatic heterocycles. The molecule has 0 N–H and O–H groups in total. The van der Waals surface area contributed by atoms with E-state index in [0.29, 0.717) is 30.4 Å². The fourth-order valence-electron chi connectivity index (χ4n) is 4.44. The molecule has 2 aliphatic rings. The van der Waals surface area contributed by atoms with E-state index in [1.54, 1.807) is 24.6 Å². The largest absolute Gasteiger partial charge is 0.497 e. The third-order valence-corrected chi connectivity index (χ3v) is 6.51. The Labute approximate surface area is 184 Å². The Morgan fingerprint density at radius 2 is 1.97 bits per heavy atom. The number of nitrogens with zero attached hydrogens (tertiary/aromatic N) is 4. The average Bonchev–Trinajstić information content (AvgIpc) is 3.43. The van der Waals surface area contributed by atoms with E-state index >= 15 is 0 Å². The van der Waals surface area contributed by atoms with E-state index in [1.807, 2.05) is 43.2 Å². The van der Waals surface area contributed by atoms with Crippen molar-refractivity contribution < 1.29 is 18.7 Å². The van der Waals surface area contributed by atoms with Crippen LogP contribution in [-0.4, -0.2) is 58.8 Å². The molecule has 1 amide bonds. The molecule has 5 rings (SSSR count). The molecule has 2 unspecified atom stereocenters. The summed E-state index contributed by atoms with van der Waals surface area (Å²) in [4.78, 5) is 26.0. The van der Waals surface area contributed by atoms with Gasteiger partial charge in [0.1, 0.15) is 21.9 Å². The Kier molecular flexibility index (Phi) is 4.80. The van der Waals surface area contributed by atoms with E-state index in [0.717, 1.165) is 28.9 Å². The Hall–Kier alpha value is -2.81. The van der Waals surface area contributed by atoms with Crippen molar-refractivity contribution in [3.8, 4) is 16.3 Å². The highest BCUT2D eigenvalue weighted by Crippen LogP contribution is 2.38. The number of oxazole rings is 1. The highest BCUT2D eigenvalue weighted by molar-refractivity contribution is 7.13. The van der Waals surface area contributed by atoms with Gasteiger partial charge in [-0.15, -0.1) is 11.3 Å². The van der Waals surface area contributed by atoms with Crippen molar-refractivity contribution in [1.29, 1.82) is 0 Å². The van der Waals surface area contributed by atoms with Gasteiger partial charge >= 0.3 is 6.09 Å². The van der Waals surface area contributed by atoms with Gasteiger partial charge in [0.2, 0.25) is 0 Å². The molecule has 31 heavy (non-hydrogen) atoms. The topological polar surface area (TPSA) is 80.9 Å². The number of thiazole rings is 1. The standard InChI is InChI=1S/C22H26N4O4S/c1-22(2,3)30-21(27)26-13-5-6-14(26)12-25(11-13)20-24-17-10-15(28-4)9-16(18(17)29-20)19-23-7-8-31-19/h7-10,13-14H,5-6,11-12H2,1-4H3. The zero-order chi connectivity index (χ0) is 21.8. The minimum absolute atomic E-state index is 0.0941. The van der Waals surface area contributed by atoms with Crippen molar-refractivity contribution in [1.82, 2.24) is 14.9 Å². The summed E-state index contributed by atoms with van der Waals surface area (Å²) in [6.45, 7) is 7.04. The van der Waals surface area contributed by atoms with Gasteiger partial charge in [0.25, 0.3) is 6.01 Å². The van der Waals surface area contributed by atoms with Gasteiger partial charge in [-0.3, -0.25) is 4.90 Å². The zero-order valence-corrected chi connectivity index (χ0v) is 18.9. The molecule has 4 heterocycles. The first kappa shape index (κ1) is 20.1. The maximum atomic E-state index is 12.7. The monoisotopic (exact) mass is 442 g/mol. The smallest absolute Gasteiger partial charge is 0.410 e. The molecule has 8 nitrogen and oxygen atoms in total. The number of carbonyl (C=O) groups is 1. The quantitative estimate of drug-likeness (QED) is 0.589. The number of rotatable bonds is 3. The maximum Gasteiger partial charge on any atom is 0.410 e. The van der Waals surface area contributed by atoms with E-state index in [1.165, 1.54) is 0 Å². The van der Waals surface area contributed by atoms with Gasteiger partial charge < -0.3 is 18.8 Å². The lowest BCUT2D eigenvalue weighted by molar-refractivity contribution is 0.0120. The summed E-state index contributed by atoms with van der Waals surface area (Å²) in [5, 5.41) is 2.80. The molecule has 9 heteroatoms. The van der Waals surface area contributed by atoms with Gasteiger partial charge in [-0.05, 0) is 39.7 Å². The number of fused-ring (bicyclic) bond motifs is 3. The van der Waals surface area contributed by atoms with E-state index in [9.17, 15) is 4.79 Å². The molecule has 2 bridgehead atoms. The number of amides is 1. The molecule has 1 aromatic carbocycles. The number of carbonyl (C=O) groups excluding carboxylic acids is 1. The predicted molar refractivity (Wildman–Crippen MR) is 119 cm³/mol. The van der Waals surface area contributed by atoms with Crippen LogP contribution in [0.4, 0.5) is 10.8 Å². The first-order valence-electron chi connectivity index (χ1n) is 10.5. The van der Waals surface area contributed by atoms with Crippen LogP contribution in [0.5, 0.6) is 5.75 Å². The van der Waals surface area contributed by atoms with Crippen molar-refractivity contribution in [2.75, 3.05) is 25.1 Å². The summed E-state index contributed by atoms with van der Waals surface area (Å²) in [6, 6.07) is 4.57. The average molecular weight is 443 g/mol. The van der Waals surface area contributed by atoms with Crippen molar-refractivity contribution in [3.63, 3.8) is 0 Å². The molecule has 2 atom stereocenters. The van der Waals surface area contributed by atoms with E-state index in [4.69, 9.17) is 18.9 Å². The molecule has 0 saturated carbocycles. The number of methoxy groups -OCH3 is 1. The van der Waals surface area contributed by atoms with E-state index < -0.39 is 5.60 Å². The summed E-state index contributed by atoms with van der Waals surface area (Å²) < 4.78 is 17.4. The predicted octanol–water partition coefficient (Wildman–Crippen LogP) is 4.55. The SMILES string of the molecule is COc1cc(-c2nccs2)c2oc(N3CC4CCC(C3)N4C(=O)OC(C)(C)C)nc2c1. The van der Waals surface area contributed by atoms with Gasteiger partial charge in [-0.25, -0.2) is 9.78 Å². The van der Waals surface area contributed by atoms with Crippen LogP contribution in [-0.2, 0) is 4.74 Å². The summed E-state index contributed by atoms with van der Waals surface area (Å²) in [7, 11) is 1.64. The molecular formula is C22H26N4O4S.